The van der Waals surface area contributed by atoms with E-state index in [0.29, 0.717) is 5.02 Å². The quantitative estimate of drug-likeness (QED) is 0.861. The Morgan fingerprint density at radius 3 is 2.36 bits per heavy atom. The van der Waals surface area contributed by atoms with E-state index in [-0.39, 0.29) is 18.7 Å². The third kappa shape index (κ3) is 4.90. The van der Waals surface area contributed by atoms with Crippen molar-refractivity contribution in [1.29, 1.82) is 0 Å². The summed E-state index contributed by atoms with van der Waals surface area (Å²) in [5, 5.41) is 12.4. The first-order valence-corrected chi connectivity index (χ1v) is 7.23. The van der Waals surface area contributed by atoms with Crippen molar-refractivity contribution >= 4 is 23.5 Å². The molecule has 0 radical (unpaired) electrons. The third-order valence-electron chi connectivity index (χ3n) is 3.17. The smallest absolute Gasteiger partial charge is 0.326 e. The first kappa shape index (κ1) is 16.0. The number of hydrogen-bond donors (Lipinski definition) is 2. The fourth-order valence-electron chi connectivity index (χ4n) is 2.13. The van der Waals surface area contributed by atoms with E-state index < -0.39 is 12.0 Å². The molecule has 0 aliphatic heterocycles. The normalized spacial score (nSPS) is 11.7. The highest BCUT2D eigenvalue weighted by molar-refractivity contribution is 6.30. The number of benzene rings is 2. The Balaban J connectivity index is 1.98. The van der Waals surface area contributed by atoms with Crippen molar-refractivity contribution in [3.05, 3.63) is 70.7 Å². The highest BCUT2D eigenvalue weighted by Crippen LogP contribution is 2.11. The first-order valence-electron chi connectivity index (χ1n) is 6.85. The van der Waals surface area contributed by atoms with Crippen LogP contribution in [0.15, 0.2) is 54.6 Å². The van der Waals surface area contributed by atoms with Gasteiger partial charge in [-0.05, 0) is 23.3 Å². The molecule has 1 atom stereocenters. The molecule has 0 spiro atoms. The zero-order valence-corrected chi connectivity index (χ0v) is 12.6. The fourth-order valence-corrected chi connectivity index (χ4v) is 2.34. The maximum absolute atomic E-state index is 12.0. The van der Waals surface area contributed by atoms with Crippen molar-refractivity contribution < 1.29 is 14.7 Å². The molecule has 2 aromatic rings. The van der Waals surface area contributed by atoms with Gasteiger partial charge in [-0.25, -0.2) is 4.79 Å². The molecule has 2 rings (SSSR count). The molecule has 0 aliphatic rings. The lowest BCUT2D eigenvalue weighted by atomic mass is 10.1. The number of hydrogen-bond acceptors (Lipinski definition) is 2. The standard InChI is InChI=1S/C17H16ClNO3/c18-14-8-4-7-13(9-14)11-16(20)19-15(17(21)22)10-12-5-2-1-3-6-12/h1-9,15H,10-11H2,(H,19,20)(H,21,22)/t15-/m0/s1. The Bertz CT molecular complexity index is 658. The maximum Gasteiger partial charge on any atom is 0.326 e. The van der Waals surface area contributed by atoms with Crippen molar-refractivity contribution in [2.24, 2.45) is 0 Å². The van der Waals surface area contributed by atoms with Crippen LogP contribution in [0, 0.1) is 0 Å². The van der Waals surface area contributed by atoms with Crippen LogP contribution in [0.1, 0.15) is 11.1 Å². The number of halogens is 1. The highest BCUT2D eigenvalue weighted by Gasteiger charge is 2.20. The van der Waals surface area contributed by atoms with Crippen LogP contribution in [0.5, 0.6) is 0 Å². The molecule has 0 fully saturated rings. The molecule has 0 saturated carbocycles. The zero-order valence-electron chi connectivity index (χ0n) is 11.8. The van der Waals surface area contributed by atoms with E-state index in [1.54, 1.807) is 24.3 Å². The minimum atomic E-state index is -1.05. The SMILES string of the molecule is O=C(Cc1cccc(Cl)c1)N[C@@H](Cc1ccccc1)C(=O)O. The molecule has 2 N–H and O–H groups in total. The van der Waals surface area contributed by atoms with Gasteiger partial charge in [-0.2, -0.15) is 0 Å². The van der Waals surface area contributed by atoms with Crippen molar-refractivity contribution in [1.82, 2.24) is 5.32 Å². The second-order valence-electron chi connectivity index (χ2n) is 4.95. The van der Waals surface area contributed by atoms with Crippen LogP contribution in [0.2, 0.25) is 5.02 Å². The molecule has 0 saturated heterocycles. The van der Waals surface area contributed by atoms with Gasteiger partial charge in [0.15, 0.2) is 0 Å². The molecule has 0 aromatic heterocycles. The molecular weight excluding hydrogens is 302 g/mol. The number of nitrogens with one attached hydrogen (secondary N) is 1. The summed E-state index contributed by atoms with van der Waals surface area (Å²) in [7, 11) is 0. The minimum Gasteiger partial charge on any atom is -0.480 e. The van der Waals surface area contributed by atoms with Crippen LogP contribution >= 0.6 is 11.6 Å². The lowest BCUT2D eigenvalue weighted by Gasteiger charge is -2.14. The van der Waals surface area contributed by atoms with Gasteiger partial charge < -0.3 is 10.4 Å². The minimum absolute atomic E-state index is 0.0964. The molecule has 114 valence electrons. The number of carboxylic acids is 1. The summed E-state index contributed by atoms with van der Waals surface area (Å²) in [6.45, 7) is 0. The summed E-state index contributed by atoms with van der Waals surface area (Å²) in [4.78, 5) is 23.3. The summed E-state index contributed by atoms with van der Waals surface area (Å²) in [6.07, 6.45) is 0.344. The van der Waals surface area contributed by atoms with Crippen LogP contribution in [0.25, 0.3) is 0 Å². The number of carbonyl (C=O) groups is 2. The predicted octanol–water partition coefficient (Wildman–Crippen LogP) is 2.69. The molecular formula is C17H16ClNO3. The lowest BCUT2D eigenvalue weighted by Crippen LogP contribution is -2.43. The van der Waals surface area contributed by atoms with Crippen LogP contribution < -0.4 is 5.32 Å². The summed E-state index contributed by atoms with van der Waals surface area (Å²) < 4.78 is 0. The van der Waals surface area contributed by atoms with E-state index in [0.717, 1.165) is 11.1 Å². The van der Waals surface area contributed by atoms with E-state index in [1.807, 2.05) is 30.3 Å². The molecule has 1 amide bonds. The van der Waals surface area contributed by atoms with Gasteiger partial charge in [0.25, 0.3) is 0 Å². The van der Waals surface area contributed by atoms with E-state index in [2.05, 4.69) is 5.32 Å². The molecule has 0 heterocycles. The molecule has 0 unspecified atom stereocenters. The number of carboxylic acid groups (broad SMARTS) is 1. The van der Waals surface area contributed by atoms with E-state index in [4.69, 9.17) is 11.6 Å². The van der Waals surface area contributed by atoms with Gasteiger partial charge in [0.2, 0.25) is 5.91 Å². The second-order valence-corrected chi connectivity index (χ2v) is 5.39. The van der Waals surface area contributed by atoms with Crippen LogP contribution in [-0.4, -0.2) is 23.0 Å². The van der Waals surface area contributed by atoms with Gasteiger partial charge >= 0.3 is 5.97 Å². The van der Waals surface area contributed by atoms with Gasteiger partial charge in [0.05, 0.1) is 6.42 Å². The molecule has 4 nitrogen and oxygen atoms in total. The maximum atomic E-state index is 12.0. The van der Waals surface area contributed by atoms with Crippen molar-refractivity contribution in [3.63, 3.8) is 0 Å². The molecule has 5 heteroatoms. The summed E-state index contributed by atoms with van der Waals surface area (Å²) >= 11 is 5.87. The van der Waals surface area contributed by atoms with Crippen molar-refractivity contribution in [2.75, 3.05) is 0 Å². The Labute approximate surface area is 133 Å². The van der Waals surface area contributed by atoms with Crippen LogP contribution in [0.3, 0.4) is 0 Å². The van der Waals surface area contributed by atoms with Gasteiger partial charge in [-0.1, -0.05) is 54.1 Å². The average molecular weight is 318 g/mol. The second kappa shape index (κ2) is 7.61. The predicted molar refractivity (Wildman–Crippen MR) is 84.9 cm³/mol. The topological polar surface area (TPSA) is 66.4 Å². The highest BCUT2D eigenvalue weighted by atomic mass is 35.5. The van der Waals surface area contributed by atoms with Crippen molar-refractivity contribution in [3.8, 4) is 0 Å². The Morgan fingerprint density at radius 2 is 1.73 bits per heavy atom. The number of amides is 1. The third-order valence-corrected chi connectivity index (χ3v) is 3.40. The van der Waals surface area contributed by atoms with Crippen molar-refractivity contribution in [2.45, 2.75) is 18.9 Å². The molecule has 2 aromatic carbocycles. The van der Waals surface area contributed by atoms with Gasteiger partial charge in [0.1, 0.15) is 6.04 Å². The van der Waals surface area contributed by atoms with Crippen LogP contribution in [0.4, 0.5) is 0 Å². The monoisotopic (exact) mass is 317 g/mol. The van der Waals surface area contributed by atoms with E-state index in [9.17, 15) is 14.7 Å². The lowest BCUT2D eigenvalue weighted by molar-refractivity contribution is -0.141. The fraction of sp³-hybridized carbons (Fsp3) is 0.176. The Kier molecular flexibility index (Phi) is 5.55. The molecule has 0 bridgehead atoms. The van der Waals surface area contributed by atoms with Gasteiger partial charge in [-0.15, -0.1) is 0 Å². The first-order chi connectivity index (χ1) is 10.5. The Hall–Kier alpha value is -2.33. The van der Waals surface area contributed by atoms with Gasteiger partial charge in [0, 0.05) is 11.4 Å². The number of aliphatic carboxylic acids is 1. The largest absolute Gasteiger partial charge is 0.480 e. The average Bonchev–Trinajstić information content (AvgIpc) is 2.47. The zero-order chi connectivity index (χ0) is 15.9. The van der Waals surface area contributed by atoms with Gasteiger partial charge in [-0.3, -0.25) is 4.79 Å². The molecule has 22 heavy (non-hydrogen) atoms. The summed E-state index contributed by atoms with van der Waals surface area (Å²) in [5.74, 6) is -1.39. The van der Waals surface area contributed by atoms with E-state index >= 15 is 0 Å². The summed E-state index contributed by atoms with van der Waals surface area (Å²) in [5.41, 5.74) is 1.60. The Morgan fingerprint density at radius 1 is 1.05 bits per heavy atom. The van der Waals surface area contributed by atoms with E-state index in [1.165, 1.54) is 0 Å². The molecule has 0 aliphatic carbocycles. The number of carbonyl (C=O) groups excluding carboxylic acids is 1. The number of rotatable bonds is 6. The summed E-state index contributed by atoms with van der Waals surface area (Å²) in [6, 6.07) is 15.2. The van der Waals surface area contributed by atoms with Crippen LogP contribution in [-0.2, 0) is 22.4 Å².